The number of hydrogen-bond acceptors (Lipinski definition) is 4. The summed E-state index contributed by atoms with van der Waals surface area (Å²) in [5, 5.41) is 18.0. The van der Waals surface area contributed by atoms with Gasteiger partial charge in [0.05, 0.1) is 18.2 Å². The molecule has 1 atom stereocenters. The van der Waals surface area contributed by atoms with Crippen LogP contribution in [0.1, 0.15) is 41.6 Å². The second-order valence-corrected chi connectivity index (χ2v) is 7.06. The van der Waals surface area contributed by atoms with Crippen LogP contribution in [0.3, 0.4) is 0 Å². The Hall–Kier alpha value is -2.39. The summed E-state index contributed by atoms with van der Waals surface area (Å²) in [5.41, 5.74) is 1.07. The van der Waals surface area contributed by atoms with Gasteiger partial charge in [-0.05, 0) is 43.5 Å². The third-order valence-electron chi connectivity index (χ3n) is 5.33. The second-order valence-electron chi connectivity index (χ2n) is 7.06. The van der Waals surface area contributed by atoms with E-state index >= 15 is 0 Å². The lowest BCUT2D eigenvalue weighted by Gasteiger charge is -2.48. The molecule has 1 aromatic carbocycles. The van der Waals surface area contributed by atoms with Gasteiger partial charge in [-0.3, -0.25) is 9.59 Å². The summed E-state index contributed by atoms with van der Waals surface area (Å²) in [6.07, 6.45) is 3.20. The van der Waals surface area contributed by atoms with Gasteiger partial charge < -0.3 is 14.9 Å². The zero-order chi connectivity index (χ0) is 17.9. The molecule has 3 rings (SSSR count). The van der Waals surface area contributed by atoms with Gasteiger partial charge in [0, 0.05) is 43.6 Å². The van der Waals surface area contributed by atoms with Gasteiger partial charge in [0.25, 0.3) is 5.91 Å². The average molecular weight is 341 g/mol. The molecule has 1 aromatic rings. The molecular formula is C19H23N3O3. The van der Waals surface area contributed by atoms with Crippen LogP contribution in [-0.4, -0.2) is 59.5 Å². The van der Waals surface area contributed by atoms with Crippen LogP contribution in [0.4, 0.5) is 0 Å². The molecule has 2 fully saturated rings. The Balaban J connectivity index is 1.72. The number of aliphatic hydroxyl groups excluding tert-OH is 1. The minimum Gasteiger partial charge on any atom is -0.395 e. The van der Waals surface area contributed by atoms with Crippen molar-refractivity contribution >= 4 is 11.8 Å². The van der Waals surface area contributed by atoms with Crippen LogP contribution in [0.15, 0.2) is 24.3 Å². The molecule has 2 amide bonds. The largest absolute Gasteiger partial charge is 0.395 e. The van der Waals surface area contributed by atoms with Crippen LogP contribution >= 0.6 is 0 Å². The summed E-state index contributed by atoms with van der Waals surface area (Å²) in [5.74, 6) is 0.0735. The van der Waals surface area contributed by atoms with E-state index in [0.29, 0.717) is 43.7 Å². The zero-order valence-corrected chi connectivity index (χ0v) is 14.3. The standard InChI is InChI=1S/C19H23N3O3/c20-12-15-2-4-16(5-3-15)18(25)22-9-1-7-19(14-22)8-6-17(24)21(13-19)10-11-23/h2-5,23H,1,6-11,13-14H2/t19-/m0/s1. The molecule has 6 nitrogen and oxygen atoms in total. The lowest BCUT2D eigenvalue weighted by Crippen LogP contribution is -2.55. The van der Waals surface area contributed by atoms with E-state index in [4.69, 9.17) is 5.26 Å². The van der Waals surface area contributed by atoms with Crippen LogP contribution in [0.2, 0.25) is 0 Å². The SMILES string of the molecule is N#Cc1ccc(C(=O)N2CCC[C@@]3(CCC(=O)N(CCO)C3)C2)cc1. The molecule has 1 N–H and O–H groups in total. The number of nitrogens with zero attached hydrogens (tertiary/aromatic N) is 3. The quantitative estimate of drug-likeness (QED) is 0.900. The summed E-state index contributed by atoms with van der Waals surface area (Å²) in [6, 6.07) is 8.78. The van der Waals surface area contributed by atoms with Crippen molar-refractivity contribution in [2.24, 2.45) is 5.41 Å². The van der Waals surface area contributed by atoms with E-state index in [1.165, 1.54) is 0 Å². The van der Waals surface area contributed by atoms with Crippen LogP contribution in [0.5, 0.6) is 0 Å². The number of β-amino-alcohol motifs (C(OH)–C–C–N with tert-alkyl or cyclic N) is 1. The number of likely N-dealkylation sites (tertiary alicyclic amines) is 2. The van der Waals surface area contributed by atoms with Crippen molar-refractivity contribution in [2.45, 2.75) is 25.7 Å². The Bertz CT molecular complexity index is 695. The number of nitriles is 1. The molecule has 0 saturated carbocycles. The van der Waals surface area contributed by atoms with E-state index in [1.807, 2.05) is 4.90 Å². The Morgan fingerprint density at radius 2 is 2.00 bits per heavy atom. The average Bonchev–Trinajstić information content (AvgIpc) is 2.65. The monoisotopic (exact) mass is 341 g/mol. The van der Waals surface area contributed by atoms with Crippen LogP contribution < -0.4 is 0 Å². The number of hydrogen-bond donors (Lipinski definition) is 1. The topological polar surface area (TPSA) is 84.6 Å². The van der Waals surface area contributed by atoms with Crippen LogP contribution in [-0.2, 0) is 4.79 Å². The fraction of sp³-hybridized carbons (Fsp3) is 0.526. The first-order valence-electron chi connectivity index (χ1n) is 8.75. The molecule has 0 radical (unpaired) electrons. The van der Waals surface area contributed by atoms with Crippen LogP contribution in [0, 0.1) is 16.7 Å². The molecule has 25 heavy (non-hydrogen) atoms. The number of carbonyl (C=O) groups excluding carboxylic acids is 2. The van der Waals surface area contributed by atoms with E-state index in [0.717, 1.165) is 19.3 Å². The first-order chi connectivity index (χ1) is 12.1. The van der Waals surface area contributed by atoms with Crippen LogP contribution in [0.25, 0.3) is 0 Å². The maximum Gasteiger partial charge on any atom is 0.253 e. The first-order valence-corrected chi connectivity index (χ1v) is 8.75. The predicted molar refractivity (Wildman–Crippen MR) is 91.6 cm³/mol. The highest BCUT2D eigenvalue weighted by Gasteiger charge is 2.42. The number of aliphatic hydroxyl groups is 1. The first kappa shape index (κ1) is 17.4. The lowest BCUT2D eigenvalue weighted by atomic mass is 9.73. The normalized spacial score (nSPS) is 23.6. The molecular weight excluding hydrogens is 318 g/mol. The smallest absolute Gasteiger partial charge is 0.253 e. The molecule has 6 heteroatoms. The molecule has 2 heterocycles. The summed E-state index contributed by atoms with van der Waals surface area (Å²) < 4.78 is 0. The third-order valence-corrected chi connectivity index (χ3v) is 5.33. The van der Waals surface area contributed by atoms with Gasteiger partial charge in [0.2, 0.25) is 5.91 Å². The summed E-state index contributed by atoms with van der Waals surface area (Å²) in [6.45, 7) is 2.30. The van der Waals surface area contributed by atoms with Gasteiger partial charge >= 0.3 is 0 Å². The second kappa shape index (κ2) is 7.24. The third kappa shape index (κ3) is 3.67. The fourth-order valence-electron chi connectivity index (χ4n) is 4.01. The van der Waals surface area contributed by atoms with Crippen molar-refractivity contribution in [3.63, 3.8) is 0 Å². The molecule has 2 saturated heterocycles. The van der Waals surface area contributed by atoms with Crippen molar-refractivity contribution in [1.29, 1.82) is 5.26 Å². The maximum atomic E-state index is 12.8. The fourth-order valence-corrected chi connectivity index (χ4v) is 4.01. The number of rotatable bonds is 3. The number of benzene rings is 1. The Labute approximate surface area is 147 Å². The predicted octanol–water partition coefficient (Wildman–Crippen LogP) is 1.40. The molecule has 1 spiro atoms. The van der Waals surface area contributed by atoms with Gasteiger partial charge in [-0.25, -0.2) is 0 Å². The molecule has 132 valence electrons. The van der Waals surface area contributed by atoms with E-state index < -0.39 is 0 Å². The Morgan fingerprint density at radius 3 is 2.68 bits per heavy atom. The zero-order valence-electron chi connectivity index (χ0n) is 14.3. The van der Waals surface area contributed by atoms with Crippen molar-refractivity contribution in [1.82, 2.24) is 9.80 Å². The number of piperidine rings is 2. The highest BCUT2D eigenvalue weighted by molar-refractivity contribution is 5.94. The maximum absolute atomic E-state index is 12.8. The van der Waals surface area contributed by atoms with Gasteiger partial charge in [0.15, 0.2) is 0 Å². The van der Waals surface area contributed by atoms with E-state index in [1.54, 1.807) is 29.2 Å². The molecule has 0 aliphatic carbocycles. The van der Waals surface area contributed by atoms with Crippen molar-refractivity contribution in [3.05, 3.63) is 35.4 Å². The highest BCUT2D eigenvalue weighted by Crippen LogP contribution is 2.39. The highest BCUT2D eigenvalue weighted by atomic mass is 16.3. The lowest BCUT2D eigenvalue weighted by molar-refractivity contribution is -0.139. The summed E-state index contributed by atoms with van der Waals surface area (Å²) in [7, 11) is 0. The van der Waals surface area contributed by atoms with Gasteiger partial charge in [0.1, 0.15) is 0 Å². The molecule has 2 aliphatic rings. The van der Waals surface area contributed by atoms with E-state index in [9.17, 15) is 14.7 Å². The number of carbonyl (C=O) groups is 2. The van der Waals surface area contributed by atoms with E-state index in [-0.39, 0.29) is 23.8 Å². The van der Waals surface area contributed by atoms with Gasteiger partial charge in [-0.1, -0.05) is 0 Å². The molecule has 2 aliphatic heterocycles. The summed E-state index contributed by atoms with van der Waals surface area (Å²) >= 11 is 0. The summed E-state index contributed by atoms with van der Waals surface area (Å²) in [4.78, 5) is 28.4. The van der Waals surface area contributed by atoms with E-state index in [2.05, 4.69) is 6.07 Å². The Morgan fingerprint density at radius 1 is 1.24 bits per heavy atom. The number of amides is 2. The van der Waals surface area contributed by atoms with Crippen molar-refractivity contribution in [3.8, 4) is 6.07 Å². The van der Waals surface area contributed by atoms with Gasteiger partial charge in [-0.15, -0.1) is 0 Å². The van der Waals surface area contributed by atoms with Gasteiger partial charge in [-0.2, -0.15) is 5.26 Å². The van der Waals surface area contributed by atoms with Crippen molar-refractivity contribution in [2.75, 3.05) is 32.8 Å². The molecule has 0 unspecified atom stereocenters. The molecule has 0 aromatic heterocycles. The Kier molecular flexibility index (Phi) is 5.05. The molecule has 0 bridgehead atoms. The minimum absolute atomic E-state index is 0.0193. The minimum atomic E-state index is -0.0659. The van der Waals surface area contributed by atoms with Crippen molar-refractivity contribution < 1.29 is 14.7 Å².